The van der Waals surface area contributed by atoms with Gasteiger partial charge in [-0.15, -0.1) is 0 Å². The SMILES string of the molecule is CC.CC(C)c1ccc2c(c1)CCO2. The standard InChI is InChI=1S/C11H14O.C2H6/c1-8(2)9-3-4-11-10(7-9)5-6-12-11;1-2/h3-4,7-8H,5-6H2,1-2H3;1-2H3. The Morgan fingerprint density at radius 1 is 1.21 bits per heavy atom. The lowest BCUT2D eigenvalue weighted by atomic mass is 10.00. The van der Waals surface area contributed by atoms with Crippen molar-refractivity contribution in [2.75, 3.05) is 6.61 Å². The molecule has 1 nitrogen and oxygen atoms in total. The van der Waals surface area contributed by atoms with Crippen LogP contribution in [0.15, 0.2) is 18.2 Å². The quantitative estimate of drug-likeness (QED) is 0.658. The summed E-state index contributed by atoms with van der Waals surface area (Å²) in [5.41, 5.74) is 2.79. The van der Waals surface area contributed by atoms with Gasteiger partial charge in [-0.05, 0) is 23.1 Å². The van der Waals surface area contributed by atoms with E-state index in [9.17, 15) is 0 Å². The molecule has 1 aromatic carbocycles. The molecule has 0 bridgehead atoms. The fourth-order valence-electron chi connectivity index (χ4n) is 1.57. The maximum Gasteiger partial charge on any atom is 0.122 e. The van der Waals surface area contributed by atoms with E-state index in [1.165, 1.54) is 11.1 Å². The molecule has 0 radical (unpaired) electrons. The average molecular weight is 192 g/mol. The molecule has 0 amide bonds. The van der Waals surface area contributed by atoms with Gasteiger partial charge in [-0.2, -0.15) is 0 Å². The molecule has 1 aliphatic rings. The largest absolute Gasteiger partial charge is 0.493 e. The second kappa shape index (κ2) is 5.04. The highest BCUT2D eigenvalue weighted by Crippen LogP contribution is 2.28. The molecule has 0 aromatic heterocycles. The van der Waals surface area contributed by atoms with Gasteiger partial charge in [0.2, 0.25) is 0 Å². The third-order valence-corrected chi connectivity index (χ3v) is 2.38. The number of rotatable bonds is 1. The van der Waals surface area contributed by atoms with Crippen LogP contribution >= 0.6 is 0 Å². The summed E-state index contributed by atoms with van der Waals surface area (Å²) in [4.78, 5) is 0. The Bertz CT molecular complexity index is 289. The molecule has 2 rings (SSSR count). The lowest BCUT2D eigenvalue weighted by Gasteiger charge is -2.06. The summed E-state index contributed by atoms with van der Waals surface area (Å²) in [6.07, 6.45) is 1.08. The van der Waals surface area contributed by atoms with E-state index in [1.807, 2.05) is 13.8 Å². The first-order valence-electron chi connectivity index (χ1n) is 5.53. The molecule has 0 unspecified atom stereocenters. The molecule has 0 saturated heterocycles. The first kappa shape index (κ1) is 11.1. The van der Waals surface area contributed by atoms with Crippen molar-refractivity contribution in [1.82, 2.24) is 0 Å². The van der Waals surface area contributed by atoms with Crippen molar-refractivity contribution in [2.24, 2.45) is 0 Å². The molecule has 0 atom stereocenters. The second-order valence-corrected chi connectivity index (χ2v) is 3.62. The van der Waals surface area contributed by atoms with Crippen LogP contribution in [0.1, 0.15) is 44.7 Å². The summed E-state index contributed by atoms with van der Waals surface area (Å²) < 4.78 is 5.43. The highest BCUT2D eigenvalue weighted by atomic mass is 16.5. The Morgan fingerprint density at radius 3 is 2.57 bits per heavy atom. The molecular weight excluding hydrogens is 172 g/mol. The first-order valence-corrected chi connectivity index (χ1v) is 5.53. The van der Waals surface area contributed by atoms with E-state index in [0.717, 1.165) is 18.8 Å². The molecule has 0 spiro atoms. The Hall–Kier alpha value is -0.980. The summed E-state index contributed by atoms with van der Waals surface area (Å²) in [5, 5.41) is 0. The van der Waals surface area contributed by atoms with Crippen LogP contribution in [0, 0.1) is 0 Å². The van der Waals surface area contributed by atoms with Gasteiger partial charge in [0.15, 0.2) is 0 Å². The molecule has 1 aromatic rings. The zero-order valence-electron chi connectivity index (χ0n) is 9.63. The van der Waals surface area contributed by atoms with E-state index in [-0.39, 0.29) is 0 Å². The zero-order chi connectivity index (χ0) is 10.6. The summed E-state index contributed by atoms with van der Waals surface area (Å²) >= 11 is 0. The van der Waals surface area contributed by atoms with Crippen LogP contribution in [0.4, 0.5) is 0 Å². The third kappa shape index (κ3) is 2.28. The van der Waals surface area contributed by atoms with E-state index in [0.29, 0.717) is 5.92 Å². The van der Waals surface area contributed by atoms with Gasteiger partial charge >= 0.3 is 0 Å². The molecule has 1 aliphatic heterocycles. The van der Waals surface area contributed by atoms with Gasteiger partial charge in [-0.3, -0.25) is 0 Å². The molecule has 1 heterocycles. The fourth-order valence-corrected chi connectivity index (χ4v) is 1.57. The van der Waals surface area contributed by atoms with Gasteiger partial charge in [0, 0.05) is 6.42 Å². The smallest absolute Gasteiger partial charge is 0.122 e. The Morgan fingerprint density at radius 2 is 1.93 bits per heavy atom. The second-order valence-electron chi connectivity index (χ2n) is 3.62. The van der Waals surface area contributed by atoms with E-state index < -0.39 is 0 Å². The molecule has 14 heavy (non-hydrogen) atoms. The normalized spacial score (nSPS) is 12.9. The van der Waals surface area contributed by atoms with Crippen molar-refractivity contribution >= 4 is 0 Å². The minimum Gasteiger partial charge on any atom is -0.493 e. The van der Waals surface area contributed by atoms with Crippen molar-refractivity contribution in [1.29, 1.82) is 0 Å². The summed E-state index contributed by atoms with van der Waals surface area (Å²) in [7, 11) is 0. The van der Waals surface area contributed by atoms with Gasteiger partial charge in [0.1, 0.15) is 5.75 Å². The number of fused-ring (bicyclic) bond motifs is 1. The number of ether oxygens (including phenoxy) is 1. The molecule has 0 saturated carbocycles. The van der Waals surface area contributed by atoms with Crippen molar-refractivity contribution in [3.63, 3.8) is 0 Å². The minimum absolute atomic E-state index is 0.621. The highest BCUT2D eigenvalue weighted by molar-refractivity contribution is 5.40. The van der Waals surface area contributed by atoms with Gasteiger partial charge in [-0.1, -0.05) is 39.8 Å². The number of hydrogen-bond acceptors (Lipinski definition) is 1. The van der Waals surface area contributed by atoms with Gasteiger partial charge in [0.25, 0.3) is 0 Å². The average Bonchev–Trinajstić information content (AvgIpc) is 2.67. The van der Waals surface area contributed by atoms with Crippen molar-refractivity contribution in [3.8, 4) is 5.75 Å². The van der Waals surface area contributed by atoms with E-state index in [4.69, 9.17) is 4.74 Å². The zero-order valence-corrected chi connectivity index (χ0v) is 9.63. The Labute approximate surface area is 87.1 Å². The third-order valence-electron chi connectivity index (χ3n) is 2.38. The van der Waals surface area contributed by atoms with Crippen LogP contribution < -0.4 is 4.74 Å². The Kier molecular flexibility index (Phi) is 3.99. The van der Waals surface area contributed by atoms with E-state index >= 15 is 0 Å². The lowest BCUT2D eigenvalue weighted by Crippen LogP contribution is -1.87. The van der Waals surface area contributed by atoms with Crippen LogP contribution in [0.3, 0.4) is 0 Å². The van der Waals surface area contributed by atoms with Crippen LogP contribution in [-0.4, -0.2) is 6.61 Å². The van der Waals surface area contributed by atoms with Crippen molar-refractivity contribution < 1.29 is 4.74 Å². The number of benzene rings is 1. The maximum absolute atomic E-state index is 5.43. The predicted molar refractivity (Wildman–Crippen MR) is 61.1 cm³/mol. The van der Waals surface area contributed by atoms with Gasteiger partial charge in [-0.25, -0.2) is 0 Å². The van der Waals surface area contributed by atoms with Crippen molar-refractivity contribution in [2.45, 2.75) is 40.0 Å². The summed E-state index contributed by atoms with van der Waals surface area (Å²) in [6, 6.07) is 6.53. The van der Waals surface area contributed by atoms with Gasteiger partial charge < -0.3 is 4.74 Å². The lowest BCUT2D eigenvalue weighted by molar-refractivity contribution is 0.357. The van der Waals surface area contributed by atoms with Crippen LogP contribution in [0.2, 0.25) is 0 Å². The first-order chi connectivity index (χ1) is 6.77. The minimum atomic E-state index is 0.621. The fraction of sp³-hybridized carbons (Fsp3) is 0.538. The topological polar surface area (TPSA) is 9.23 Å². The number of hydrogen-bond donors (Lipinski definition) is 0. The van der Waals surface area contributed by atoms with Crippen LogP contribution in [-0.2, 0) is 6.42 Å². The molecular formula is C13H20O. The highest BCUT2D eigenvalue weighted by Gasteiger charge is 2.12. The van der Waals surface area contributed by atoms with Crippen molar-refractivity contribution in [3.05, 3.63) is 29.3 Å². The maximum atomic E-state index is 5.43. The monoisotopic (exact) mass is 192 g/mol. The summed E-state index contributed by atoms with van der Waals surface area (Å²) in [6.45, 7) is 9.30. The molecule has 0 N–H and O–H groups in total. The molecule has 1 heteroatoms. The molecule has 0 fully saturated rings. The van der Waals surface area contributed by atoms with E-state index in [2.05, 4.69) is 32.0 Å². The molecule has 78 valence electrons. The summed E-state index contributed by atoms with van der Waals surface area (Å²) in [5.74, 6) is 1.70. The Balaban J connectivity index is 0.000000461. The van der Waals surface area contributed by atoms with Gasteiger partial charge in [0.05, 0.1) is 6.61 Å². The van der Waals surface area contributed by atoms with Crippen LogP contribution in [0.25, 0.3) is 0 Å². The molecule has 0 aliphatic carbocycles. The van der Waals surface area contributed by atoms with Crippen LogP contribution in [0.5, 0.6) is 5.75 Å². The van der Waals surface area contributed by atoms with E-state index in [1.54, 1.807) is 0 Å². The predicted octanol–water partition coefficient (Wildman–Crippen LogP) is 3.77.